The third kappa shape index (κ3) is 2.79. The molecule has 1 aromatic rings. The van der Waals surface area contributed by atoms with Gasteiger partial charge in [-0.1, -0.05) is 48.8 Å². The number of carbonyl (C=O) groups excluding carboxylic acids is 2. The molecule has 3 heteroatoms. The van der Waals surface area contributed by atoms with Gasteiger partial charge in [-0.3, -0.25) is 9.59 Å². The SMILES string of the molecule is C#C[C@]1(O)C(C)=C[C@H]2[C@@H]3CCC4=CC(=O)CCC4=C3[C@@H](c3ccc(C(C)=O)cc3)C[C@@]21C. The van der Waals surface area contributed by atoms with Gasteiger partial charge >= 0.3 is 0 Å². The van der Waals surface area contributed by atoms with Crippen molar-refractivity contribution in [2.45, 2.75) is 64.4 Å². The molecular weight excluding hydrogens is 396 g/mol. The molecule has 5 atom stereocenters. The molecule has 0 heterocycles. The maximum absolute atomic E-state index is 12.1. The van der Waals surface area contributed by atoms with E-state index >= 15 is 0 Å². The summed E-state index contributed by atoms with van der Waals surface area (Å²) in [4.78, 5) is 24.0. The van der Waals surface area contributed by atoms with Crippen LogP contribution in [0.4, 0.5) is 0 Å². The number of carbonyl (C=O) groups is 2. The fourth-order valence-corrected chi connectivity index (χ4v) is 7.02. The second-order valence-corrected chi connectivity index (χ2v) is 10.3. The number of hydrogen-bond acceptors (Lipinski definition) is 3. The van der Waals surface area contributed by atoms with Crippen LogP contribution in [0.2, 0.25) is 0 Å². The lowest BCUT2D eigenvalue weighted by molar-refractivity contribution is -0.114. The van der Waals surface area contributed by atoms with Crippen LogP contribution in [-0.2, 0) is 4.79 Å². The minimum Gasteiger partial charge on any atom is -0.373 e. The van der Waals surface area contributed by atoms with Crippen molar-refractivity contribution in [2.24, 2.45) is 17.3 Å². The zero-order valence-electron chi connectivity index (χ0n) is 19.1. The summed E-state index contributed by atoms with van der Waals surface area (Å²) in [6, 6.07) is 7.93. The topological polar surface area (TPSA) is 54.4 Å². The van der Waals surface area contributed by atoms with Crippen LogP contribution in [0.15, 0.2) is 58.7 Å². The van der Waals surface area contributed by atoms with Crippen molar-refractivity contribution in [1.82, 2.24) is 0 Å². The first-order chi connectivity index (χ1) is 15.2. The van der Waals surface area contributed by atoms with Crippen molar-refractivity contribution >= 4 is 11.6 Å². The molecule has 1 aromatic carbocycles. The Morgan fingerprint density at radius 3 is 2.56 bits per heavy atom. The van der Waals surface area contributed by atoms with E-state index in [1.54, 1.807) is 6.92 Å². The van der Waals surface area contributed by atoms with Gasteiger partial charge in [-0.2, -0.15) is 0 Å². The largest absolute Gasteiger partial charge is 0.373 e. The van der Waals surface area contributed by atoms with E-state index in [2.05, 4.69) is 31.1 Å². The van der Waals surface area contributed by atoms with Crippen LogP contribution in [0.1, 0.15) is 74.7 Å². The summed E-state index contributed by atoms with van der Waals surface area (Å²) >= 11 is 0. The normalized spacial score (nSPS) is 35.8. The standard InChI is InChI=1S/C29H30O3/c1-5-29(32)17(2)14-26-24-12-10-21-15-22(31)11-13-23(21)27(24)25(16-28(26,29)4)20-8-6-19(7-9-20)18(3)30/h1,6-9,14-15,24-26,32H,10-13,16H2,2-4H3/t24-,25+,26-,28-,29-/m0/s1. The molecule has 0 bridgehead atoms. The molecule has 1 fully saturated rings. The Hall–Kier alpha value is -2.70. The average molecular weight is 427 g/mol. The molecule has 0 aliphatic heterocycles. The van der Waals surface area contributed by atoms with Crippen LogP contribution in [0.3, 0.4) is 0 Å². The molecule has 164 valence electrons. The molecule has 0 spiro atoms. The van der Waals surface area contributed by atoms with E-state index in [0.717, 1.165) is 36.8 Å². The maximum Gasteiger partial charge on any atom is 0.159 e. The van der Waals surface area contributed by atoms with Crippen molar-refractivity contribution in [1.29, 1.82) is 0 Å². The van der Waals surface area contributed by atoms with Gasteiger partial charge in [0.2, 0.25) is 0 Å². The highest BCUT2D eigenvalue weighted by molar-refractivity contribution is 5.94. The third-order valence-electron chi connectivity index (χ3n) is 8.74. The molecule has 0 radical (unpaired) electrons. The van der Waals surface area contributed by atoms with Gasteiger partial charge in [-0.25, -0.2) is 0 Å². The number of terminal acetylenes is 1. The summed E-state index contributed by atoms with van der Waals surface area (Å²) < 4.78 is 0. The summed E-state index contributed by atoms with van der Waals surface area (Å²) in [5.74, 6) is 3.61. The number of fused-ring (bicyclic) bond motifs is 4. The lowest BCUT2D eigenvalue weighted by atomic mass is 9.50. The fourth-order valence-electron chi connectivity index (χ4n) is 7.02. The first-order valence-corrected chi connectivity index (χ1v) is 11.7. The first kappa shape index (κ1) is 21.2. The first-order valence-electron chi connectivity index (χ1n) is 11.7. The van der Waals surface area contributed by atoms with Gasteiger partial charge in [0.05, 0.1) is 0 Å². The van der Waals surface area contributed by atoms with E-state index < -0.39 is 11.0 Å². The lowest BCUT2D eigenvalue weighted by Gasteiger charge is -2.54. The number of rotatable bonds is 2. The summed E-state index contributed by atoms with van der Waals surface area (Å²) in [6.45, 7) is 5.69. The Labute approximate surface area is 190 Å². The quantitative estimate of drug-likeness (QED) is 0.396. The van der Waals surface area contributed by atoms with Crippen molar-refractivity contribution in [3.63, 3.8) is 0 Å². The summed E-state index contributed by atoms with van der Waals surface area (Å²) in [6.07, 6.45) is 14.0. The molecule has 5 rings (SSSR count). The van der Waals surface area contributed by atoms with Gasteiger partial charge in [0, 0.05) is 23.3 Å². The van der Waals surface area contributed by atoms with Crippen LogP contribution >= 0.6 is 0 Å². The van der Waals surface area contributed by atoms with Gasteiger partial charge in [0.1, 0.15) is 0 Å². The molecule has 0 aromatic heterocycles. The predicted octanol–water partition coefficient (Wildman–Crippen LogP) is 5.32. The number of allylic oxidation sites excluding steroid dienone is 5. The van der Waals surface area contributed by atoms with E-state index in [1.165, 1.54) is 16.7 Å². The lowest BCUT2D eigenvalue weighted by Crippen LogP contribution is -2.52. The second kappa shape index (κ2) is 7.15. The summed E-state index contributed by atoms with van der Waals surface area (Å²) in [5, 5.41) is 11.6. The minimum atomic E-state index is -1.26. The van der Waals surface area contributed by atoms with Gasteiger partial charge in [-0.15, -0.1) is 6.42 Å². The Morgan fingerprint density at radius 2 is 1.91 bits per heavy atom. The van der Waals surface area contributed by atoms with Gasteiger partial charge in [0.15, 0.2) is 17.2 Å². The zero-order valence-corrected chi connectivity index (χ0v) is 19.1. The highest BCUT2D eigenvalue weighted by Crippen LogP contribution is 2.65. The number of Topliss-reactive ketones (excluding diaryl/α,β-unsaturated/α-hetero) is 1. The Morgan fingerprint density at radius 1 is 1.19 bits per heavy atom. The summed E-state index contributed by atoms with van der Waals surface area (Å²) in [7, 11) is 0. The molecule has 0 amide bonds. The number of benzene rings is 1. The highest BCUT2D eigenvalue weighted by atomic mass is 16.3. The Kier molecular flexibility index (Phi) is 4.73. The molecule has 1 saturated carbocycles. The van der Waals surface area contributed by atoms with E-state index in [1.807, 2.05) is 25.1 Å². The zero-order chi connectivity index (χ0) is 22.8. The van der Waals surface area contributed by atoms with E-state index in [0.29, 0.717) is 17.9 Å². The average Bonchev–Trinajstić information content (AvgIpc) is 2.99. The van der Waals surface area contributed by atoms with Crippen molar-refractivity contribution in [3.05, 3.63) is 69.8 Å². The molecule has 4 aliphatic rings. The second-order valence-electron chi connectivity index (χ2n) is 10.3. The predicted molar refractivity (Wildman–Crippen MR) is 125 cm³/mol. The van der Waals surface area contributed by atoms with Crippen LogP contribution in [0.5, 0.6) is 0 Å². The third-order valence-corrected chi connectivity index (χ3v) is 8.74. The Bertz CT molecular complexity index is 1160. The number of aliphatic hydroxyl groups is 1. The number of hydrogen-bond donors (Lipinski definition) is 1. The highest BCUT2D eigenvalue weighted by Gasteiger charge is 2.62. The van der Waals surface area contributed by atoms with Crippen molar-refractivity contribution in [3.8, 4) is 12.3 Å². The van der Waals surface area contributed by atoms with Crippen LogP contribution in [0.25, 0.3) is 0 Å². The maximum atomic E-state index is 12.1. The van der Waals surface area contributed by atoms with Gasteiger partial charge < -0.3 is 5.11 Å². The van der Waals surface area contributed by atoms with Crippen LogP contribution < -0.4 is 0 Å². The van der Waals surface area contributed by atoms with E-state index in [9.17, 15) is 14.7 Å². The van der Waals surface area contributed by atoms with Crippen molar-refractivity contribution in [2.75, 3.05) is 0 Å². The van der Waals surface area contributed by atoms with Gasteiger partial charge in [0.25, 0.3) is 0 Å². The molecule has 0 unspecified atom stereocenters. The van der Waals surface area contributed by atoms with Crippen molar-refractivity contribution < 1.29 is 14.7 Å². The van der Waals surface area contributed by atoms with E-state index in [-0.39, 0.29) is 23.4 Å². The molecule has 3 nitrogen and oxygen atoms in total. The van der Waals surface area contributed by atoms with Gasteiger partial charge in [-0.05, 0) is 79.7 Å². The molecule has 4 aliphatic carbocycles. The minimum absolute atomic E-state index is 0.0538. The molecular formula is C29H30O3. The van der Waals surface area contributed by atoms with E-state index in [4.69, 9.17) is 6.42 Å². The molecule has 0 saturated heterocycles. The van der Waals surface area contributed by atoms with Crippen LogP contribution in [-0.4, -0.2) is 22.3 Å². The monoisotopic (exact) mass is 426 g/mol. The smallest absolute Gasteiger partial charge is 0.159 e. The number of ketones is 2. The summed E-state index contributed by atoms with van der Waals surface area (Å²) in [5.41, 5.74) is 5.00. The fraction of sp³-hybridized carbons (Fsp3) is 0.448. The Balaban J connectivity index is 1.70. The van der Waals surface area contributed by atoms with Crippen LogP contribution in [0, 0.1) is 29.6 Å². The molecule has 32 heavy (non-hydrogen) atoms. The molecule has 1 N–H and O–H groups in total.